The second-order valence-electron chi connectivity index (χ2n) is 5.40. The molecule has 1 aromatic rings. The van der Waals surface area contributed by atoms with E-state index in [-0.39, 0.29) is 6.04 Å². The second-order valence-corrected chi connectivity index (χ2v) is 5.40. The van der Waals surface area contributed by atoms with E-state index >= 15 is 0 Å². The molecule has 1 saturated heterocycles. The van der Waals surface area contributed by atoms with E-state index < -0.39 is 0 Å². The minimum absolute atomic E-state index is 0.117. The summed E-state index contributed by atoms with van der Waals surface area (Å²) in [5.41, 5.74) is 8.61. The van der Waals surface area contributed by atoms with Gasteiger partial charge in [-0.1, -0.05) is 12.1 Å². The van der Waals surface area contributed by atoms with Crippen LogP contribution in [0.5, 0.6) is 5.75 Å². The molecule has 2 unspecified atom stereocenters. The Hall–Kier alpha value is -1.06. The highest BCUT2D eigenvalue weighted by molar-refractivity contribution is 5.37. The number of hydrogen-bond acceptors (Lipinski definition) is 3. The van der Waals surface area contributed by atoms with Gasteiger partial charge in [-0.25, -0.2) is 0 Å². The highest BCUT2D eigenvalue weighted by atomic mass is 16.5. The molecule has 106 valence electrons. The molecule has 2 rings (SSSR count). The molecule has 0 radical (unpaired) electrons. The van der Waals surface area contributed by atoms with Crippen molar-refractivity contribution in [3.05, 3.63) is 29.3 Å². The molecular formula is C16H25NO2. The van der Waals surface area contributed by atoms with Crippen LogP contribution in [0.2, 0.25) is 0 Å². The summed E-state index contributed by atoms with van der Waals surface area (Å²) < 4.78 is 10.9. The van der Waals surface area contributed by atoms with E-state index in [1.807, 2.05) is 6.07 Å². The van der Waals surface area contributed by atoms with Gasteiger partial charge in [-0.05, 0) is 56.2 Å². The number of hydrogen-bond donors (Lipinski definition) is 1. The summed E-state index contributed by atoms with van der Waals surface area (Å²) in [5.74, 6) is 0.926. The van der Waals surface area contributed by atoms with Crippen LogP contribution < -0.4 is 10.5 Å². The van der Waals surface area contributed by atoms with Crippen LogP contribution in [0.3, 0.4) is 0 Å². The number of methoxy groups -OCH3 is 1. The zero-order chi connectivity index (χ0) is 13.7. The topological polar surface area (TPSA) is 44.5 Å². The molecule has 0 spiro atoms. The molecule has 0 saturated carbocycles. The standard InChI is InChI=1S/C16H25NO2/c1-12-11-13(8-9-16(12)18-2)15(17)7-3-5-14-6-4-10-19-14/h8-9,11,14-15H,3-7,10,17H2,1-2H3. The van der Waals surface area contributed by atoms with Crippen molar-refractivity contribution in [1.29, 1.82) is 0 Å². The SMILES string of the molecule is COc1ccc(C(N)CCCC2CCCO2)cc1C. The van der Waals surface area contributed by atoms with Gasteiger partial charge in [0.2, 0.25) is 0 Å². The van der Waals surface area contributed by atoms with Crippen molar-refractivity contribution >= 4 is 0 Å². The molecule has 3 nitrogen and oxygen atoms in total. The summed E-state index contributed by atoms with van der Waals surface area (Å²) in [6, 6.07) is 6.33. The molecule has 1 fully saturated rings. The Morgan fingerprint density at radius 2 is 2.32 bits per heavy atom. The van der Waals surface area contributed by atoms with E-state index in [1.54, 1.807) is 7.11 Å². The van der Waals surface area contributed by atoms with Crippen molar-refractivity contribution < 1.29 is 9.47 Å². The van der Waals surface area contributed by atoms with Crippen molar-refractivity contribution in [3.8, 4) is 5.75 Å². The summed E-state index contributed by atoms with van der Waals surface area (Å²) in [6.45, 7) is 3.00. The Kier molecular flexibility index (Phi) is 5.23. The van der Waals surface area contributed by atoms with E-state index in [9.17, 15) is 0 Å². The normalized spacial score (nSPS) is 20.5. The maximum Gasteiger partial charge on any atom is 0.121 e. The van der Waals surface area contributed by atoms with Crippen LogP contribution in [0.4, 0.5) is 0 Å². The first-order chi connectivity index (χ1) is 9.20. The fourth-order valence-electron chi connectivity index (χ4n) is 2.74. The third-order valence-electron chi connectivity index (χ3n) is 3.91. The third kappa shape index (κ3) is 3.95. The molecule has 0 aromatic heterocycles. The first kappa shape index (κ1) is 14.4. The summed E-state index contributed by atoms with van der Waals surface area (Å²) in [7, 11) is 1.70. The maximum absolute atomic E-state index is 6.26. The van der Waals surface area contributed by atoms with Crippen LogP contribution in [0.25, 0.3) is 0 Å². The zero-order valence-electron chi connectivity index (χ0n) is 12.0. The predicted molar refractivity (Wildman–Crippen MR) is 77.5 cm³/mol. The fraction of sp³-hybridized carbons (Fsp3) is 0.625. The first-order valence-electron chi connectivity index (χ1n) is 7.22. The molecule has 19 heavy (non-hydrogen) atoms. The van der Waals surface area contributed by atoms with E-state index in [4.69, 9.17) is 15.2 Å². The van der Waals surface area contributed by atoms with Gasteiger partial charge in [-0.3, -0.25) is 0 Å². The van der Waals surface area contributed by atoms with Crippen LogP contribution in [0, 0.1) is 6.92 Å². The van der Waals surface area contributed by atoms with E-state index in [1.165, 1.54) is 18.4 Å². The highest BCUT2D eigenvalue weighted by Crippen LogP contribution is 2.25. The first-order valence-corrected chi connectivity index (χ1v) is 7.22. The molecule has 1 aliphatic heterocycles. The molecule has 1 aliphatic rings. The number of benzene rings is 1. The van der Waals surface area contributed by atoms with E-state index in [0.29, 0.717) is 6.10 Å². The molecule has 0 bridgehead atoms. The maximum atomic E-state index is 6.26. The van der Waals surface area contributed by atoms with E-state index in [0.717, 1.165) is 37.2 Å². The quantitative estimate of drug-likeness (QED) is 0.856. The third-order valence-corrected chi connectivity index (χ3v) is 3.91. The van der Waals surface area contributed by atoms with Gasteiger partial charge in [0.05, 0.1) is 13.2 Å². The lowest BCUT2D eigenvalue weighted by Gasteiger charge is -2.15. The molecule has 2 atom stereocenters. The minimum atomic E-state index is 0.117. The summed E-state index contributed by atoms with van der Waals surface area (Å²) in [4.78, 5) is 0. The average molecular weight is 263 g/mol. The zero-order valence-corrected chi connectivity index (χ0v) is 12.0. The Labute approximate surface area is 116 Å². The molecule has 3 heteroatoms. The monoisotopic (exact) mass is 263 g/mol. The lowest BCUT2D eigenvalue weighted by molar-refractivity contribution is 0.101. The summed E-state index contributed by atoms with van der Waals surface area (Å²) in [5, 5.41) is 0. The van der Waals surface area contributed by atoms with Crippen LogP contribution in [-0.2, 0) is 4.74 Å². The van der Waals surface area contributed by atoms with Crippen LogP contribution in [0.1, 0.15) is 49.3 Å². The second kappa shape index (κ2) is 6.92. The number of rotatable bonds is 6. The van der Waals surface area contributed by atoms with Crippen LogP contribution in [0.15, 0.2) is 18.2 Å². The van der Waals surface area contributed by atoms with Gasteiger partial charge in [-0.2, -0.15) is 0 Å². The van der Waals surface area contributed by atoms with Gasteiger partial charge in [0.25, 0.3) is 0 Å². The Morgan fingerprint density at radius 1 is 1.47 bits per heavy atom. The van der Waals surface area contributed by atoms with Gasteiger partial charge >= 0.3 is 0 Å². The van der Waals surface area contributed by atoms with E-state index in [2.05, 4.69) is 19.1 Å². The molecule has 1 heterocycles. The Morgan fingerprint density at radius 3 is 2.95 bits per heavy atom. The summed E-state index contributed by atoms with van der Waals surface area (Å²) >= 11 is 0. The number of aryl methyl sites for hydroxylation is 1. The Bertz CT molecular complexity index is 400. The van der Waals surface area contributed by atoms with Gasteiger partial charge in [0.1, 0.15) is 5.75 Å². The highest BCUT2D eigenvalue weighted by Gasteiger charge is 2.16. The number of ether oxygens (including phenoxy) is 2. The Balaban J connectivity index is 1.81. The lowest BCUT2D eigenvalue weighted by Crippen LogP contribution is -2.12. The molecular weight excluding hydrogens is 238 g/mol. The smallest absolute Gasteiger partial charge is 0.121 e. The molecule has 0 amide bonds. The lowest BCUT2D eigenvalue weighted by atomic mass is 9.98. The minimum Gasteiger partial charge on any atom is -0.496 e. The van der Waals surface area contributed by atoms with Crippen molar-refractivity contribution in [2.75, 3.05) is 13.7 Å². The van der Waals surface area contributed by atoms with Crippen molar-refractivity contribution in [2.24, 2.45) is 5.73 Å². The van der Waals surface area contributed by atoms with Gasteiger partial charge in [0, 0.05) is 12.6 Å². The molecule has 2 N–H and O–H groups in total. The van der Waals surface area contributed by atoms with Gasteiger partial charge in [-0.15, -0.1) is 0 Å². The van der Waals surface area contributed by atoms with Crippen LogP contribution >= 0.6 is 0 Å². The van der Waals surface area contributed by atoms with Crippen molar-refractivity contribution in [1.82, 2.24) is 0 Å². The van der Waals surface area contributed by atoms with Crippen molar-refractivity contribution in [3.63, 3.8) is 0 Å². The number of nitrogens with two attached hydrogens (primary N) is 1. The van der Waals surface area contributed by atoms with Crippen LogP contribution in [-0.4, -0.2) is 19.8 Å². The predicted octanol–water partition coefficient (Wildman–Crippen LogP) is 3.35. The largest absolute Gasteiger partial charge is 0.496 e. The van der Waals surface area contributed by atoms with Gasteiger partial charge < -0.3 is 15.2 Å². The molecule has 0 aliphatic carbocycles. The fourth-order valence-corrected chi connectivity index (χ4v) is 2.74. The average Bonchev–Trinajstić information content (AvgIpc) is 2.91. The molecule has 1 aromatic carbocycles. The van der Waals surface area contributed by atoms with Crippen molar-refractivity contribution in [2.45, 2.75) is 51.2 Å². The van der Waals surface area contributed by atoms with Gasteiger partial charge in [0.15, 0.2) is 0 Å². The summed E-state index contributed by atoms with van der Waals surface area (Å²) in [6.07, 6.45) is 6.21.